The maximum atomic E-state index is 13.7. The van der Waals surface area contributed by atoms with Crippen LogP contribution in [-0.4, -0.2) is 38.1 Å². The molecule has 1 aliphatic rings. The number of ether oxygens (including phenoxy) is 3. The summed E-state index contributed by atoms with van der Waals surface area (Å²) >= 11 is 6.42. The molecule has 1 N–H and O–H groups in total. The number of methoxy groups -OCH3 is 3. The summed E-state index contributed by atoms with van der Waals surface area (Å²) in [6, 6.07) is 13.0. The number of aryl methyl sites for hydroxylation is 1. The molecule has 8 heteroatoms. The second-order valence-corrected chi connectivity index (χ2v) is 10.1. The van der Waals surface area contributed by atoms with E-state index in [4.69, 9.17) is 25.8 Å². The van der Waals surface area contributed by atoms with Crippen molar-refractivity contribution in [3.63, 3.8) is 0 Å². The third-order valence-electron chi connectivity index (χ3n) is 7.12. The number of aliphatic hydroxyl groups is 1. The highest BCUT2D eigenvalue weighted by molar-refractivity contribution is 6.52. The largest absolute Gasteiger partial charge is 0.507 e. The van der Waals surface area contributed by atoms with E-state index in [1.807, 2.05) is 32.9 Å². The molecular formula is C31H32ClNO6. The fraction of sp³-hybridized carbons (Fsp3) is 0.290. The van der Waals surface area contributed by atoms with Gasteiger partial charge in [0.1, 0.15) is 11.5 Å². The van der Waals surface area contributed by atoms with Gasteiger partial charge in [-0.25, -0.2) is 0 Å². The zero-order valence-electron chi connectivity index (χ0n) is 23.1. The molecule has 0 saturated carbocycles. The number of amides is 1. The van der Waals surface area contributed by atoms with Crippen molar-refractivity contribution in [2.24, 2.45) is 0 Å². The molecule has 1 saturated heterocycles. The van der Waals surface area contributed by atoms with Gasteiger partial charge in [-0.1, -0.05) is 37.6 Å². The lowest BCUT2D eigenvalue weighted by atomic mass is 9.90. The molecule has 1 aliphatic heterocycles. The van der Waals surface area contributed by atoms with E-state index in [0.717, 1.165) is 5.56 Å². The number of ketones is 1. The Kier molecular flexibility index (Phi) is 7.93. The van der Waals surface area contributed by atoms with Crippen molar-refractivity contribution in [2.45, 2.75) is 39.7 Å². The number of carbonyl (C=O) groups excluding carboxylic acids is 2. The first kappa shape index (κ1) is 28.0. The highest BCUT2D eigenvalue weighted by Crippen LogP contribution is 2.46. The van der Waals surface area contributed by atoms with Crippen LogP contribution in [0.5, 0.6) is 17.2 Å². The van der Waals surface area contributed by atoms with E-state index in [1.54, 1.807) is 50.4 Å². The monoisotopic (exact) mass is 549 g/mol. The van der Waals surface area contributed by atoms with Gasteiger partial charge in [0, 0.05) is 16.3 Å². The summed E-state index contributed by atoms with van der Waals surface area (Å²) in [4.78, 5) is 28.7. The van der Waals surface area contributed by atoms with E-state index in [1.165, 1.54) is 19.1 Å². The molecule has 1 unspecified atom stereocenters. The molecule has 39 heavy (non-hydrogen) atoms. The molecule has 3 aromatic carbocycles. The van der Waals surface area contributed by atoms with Crippen molar-refractivity contribution in [3.8, 4) is 17.2 Å². The van der Waals surface area contributed by atoms with Crippen LogP contribution in [0.4, 0.5) is 5.69 Å². The van der Waals surface area contributed by atoms with E-state index >= 15 is 0 Å². The molecule has 1 fully saturated rings. The van der Waals surface area contributed by atoms with Crippen LogP contribution in [0.2, 0.25) is 5.02 Å². The summed E-state index contributed by atoms with van der Waals surface area (Å²) in [5.41, 5.74) is 3.65. The summed E-state index contributed by atoms with van der Waals surface area (Å²) in [7, 11) is 4.63. The summed E-state index contributed by atoms with van der Waals surface area (Å²) in [5.74, 6) is -0.145. The van der Waals surface area contributed by atoms with Gasteiger partial charge in [0.2, 0.25) is 0 Å². The highest BCUT2D eigenvalue weighted by Gasteiger charge is 2.48. The first-order valence-corrected chi connectivity index (χ1v) is 12.9. The minimum atomic E-state index is -0.953. The maximum absolute atomic E-state index is 13.7. The molecule has 0 radical (unpaired) electrons. The van der Waals surface area contributed by atoms with Gasteiger partial charge < -0.3 is 19.3 Å². The van der Waals surface area contributed by atoms with Gasteiger partial charge in [-0.2, -0.15) is 0 Å². The number of benzene rings is 3. The molecule has 1 heterocycles. The van der Waals surface area contributed by atoms with E-state index in [9.17, 15) is 14.7 Å². The molecule has 7 nitrogen and oxygen atoms in total. The van der Waals surface area contributed by atoms with Crippen LogP contribution in [0, 0.1) is 13.8 Å². The average molecular weight is 550 g/mol. The molecule has 0 aromatic heterocycles. The fourth-order valence-corrected chi connectivity index (χ4v) is 5.17. The lowest BCUT2D eigenvalue weighted by Gasteiger charge is -2.27. The maximum Gasteiger partial charge on any atom is 0.300 e. The first-order valence-electron chi connectivity index (χ1n) is 12.5. The molecule has 3 aromatic rings. The van der Waals surface area contributed by atoms with E-state index in [0.29, 0.717) is 50.2 Å². The lowest BCUT2D eigenvalue weighted by Crippen LogP contribution is -2.30. The smallest absolute Gasteiger partial charge is 0.300 e. The second-order valence-electron chi connectivity index (χ2n) is 9.73. The van der Waals surface area contributed by atoms with Crippen molar-refractivity contribution >= 4 is 34.7 Å². The predicted octanol–water partition coefficient (Wildman–Crippen LogP) is 6.73. The number of hydrogen-bond acceptors (Lipinski definition) is 6. The molecule has 4 rings (SSSR count). The van der Waals surface area contributed by atoms with Crippen LogP contribution in [-0.2, 0) is 9.59 Å². The number of halogens is 1. The fourth-order valence-electron chi connectivity index (χ4n) is 5.00. The normalized spacial score (nSPS) is 16.6. The zero-order chi connectivity index (χ0) is 28.6. The third-order valence-corrected chi connectivity index (χ3v) is 7.53. The molecule has 1 amide bonds. The van der Waals surface area contributed by atoms with E-state index < -0.39 is 17.7 Å². The van der Waals surface area contributed by atoms with Gasteiger partial charge in [0.05, 0.1) is 32.9 Å². The number of aliphatic hydroxyl groups excluding tert-OH is 1. The van der Waals surface area contributed by atoms with Crippen molar-refractivity contribution in [1.29, 1.82) is 0 Å². The van der Waals surface area contributed by atoms with Gasteiger partial charge in [-0.3, -0.25) is 14.5 Å². The van der Waals surface area contributed by atoms with Crippen LogP contribution in [0.25, 0.3) is 5.76 Å². The summed E-state index contributed by atoms with van der Waals surface area (Å²) in [6.07, 6.45) is 0. The molecule has 1 atom stereocenters. The Bertz CT molecular complexity index is 1490. The summed E-state index contributed by atoms with van der Waals surface area (Å²) in [6.45, 7) is 7.64. The quantitative estimate of drug-likeness (QED) is 0.200. The number of Topliss-reactive ketones (excluding diaryl/α,β-unsaturated/α-hetero) is 1. The molecular weight excluding hydrogens is 518 g/mol. The van der Waals surface area contributed by atoms with E-state index in [2.05, 4.69) is 0 Å². The molecule has 204 valence electrons. The van der Waals surface area contributed by atoms with Gasteiger partial charge >= 0.3 is 0 Å². The Morgan fingerprint density at radius 2 is 1.59 bits per heavy atom. The van der Waals surface area contributed by atoms with Gasteiger partial charge in [0.15, 0.2) is 11.5 Å². The number of hydrogen-bond donors (Lipinski definition) is 1. The van der Waals surface area contributed by atoms with Crippen LogP contribution in [0.1, 0.15) is 53.6 Å². The summed E-state index contributed by atoms with van der Waals surface area (Å²) in [5, 5.41) is 12.2. The van der Waals surface area contributed by atoms with Crippen molar-refractivity contribution in [2.75, 3.05) is 26.2 Å². The van der Waals surface area contributed by atoms with Crippen molar-refractivity contribution in [3.05, 3.63) is 86.9 Å². The third kappa shape index (κ3) is 4.83. The SMILES string of the molecule is COc1ccc(C2/C(=C(\O)c3cc(C(C)C)c(OC)cc3C)C(=O)C(=O)N2c2cccc(Cl)c2C)cc1OC. The lowest BCUT2D eigenvalue weighted by molar-refractivity contribution is -0.132. The van der Waals surface area contributed by atoms with Crippen molar-refractivity contribution in [1.82, 2.24) is 0 Å². The van der Waals surface area contributed by atoms with Crippen LogP contribution < -0.4 is 19.1 Å². The Hall–Kier alpha value is -3.97. The first-order chi connectivity index (χ1) is 18.5. The predicted molar refractivity (Wildman–Crippen MR) is 152 cm³/mol. The average Bonchev–Trinajstić information content (AvgIpc) is 3.18. The van der Waals surface area contributed by atoms with Gasteiger partial charge in [-0.15, -0.1) is 0 Å². The zero-order valence-corrected chi connectivity index (χ0v) is 23.8. The Morgan fingerprint density at radius 1 is 0.923 bits per heavy atom. The molecule has 0 spiro atoms. The standard InChI is InChI=1S/C31H32ClNO6/c1-16(2)20-15-21(17(3)13-25(20)38-6)29(34)27-28(19-11-12-24(37-5)26(14-19)39-7)33(31(36)30(27)35)23-10-8-9-22(32)18(23)4/h8-16,28,34H,1-7H3/b29-27+. The minimum absolute atomic E-state index is 0.0328. The Balaban J connectivity index is 2.05. The second kappa shape index (κ2) is 11.0. The van der Waals surface area contributed by atoms with Crippen molar-refractivity contribution < 1.29 is 28.9 Å². The van der Waals surface area contributed by atoms with Gasteiger partial charge in [-0.05, 0) is 78.4 Å². The van der Waals surface area contributed by atoms with Crippen LogP contribution >= 0.6 is 11.6 Å². The van der Waals surface area contributed by atoms with Crippen LogP contribution in [0.15, 0.2) is 54.1 Å². The number of carbonyl (C=O) groups is 2. The number of rotatable bonds is 7. The summed E-state index contributed by atoms with van der Waals surface area (Å²) < 4.78 is 16.5. The Morgan fingerprint density at radius 3 is 2.21 bits per heavy atom. The highest BCUT2D eigenvalue weighted by atomic mass is 35.5. The van der Waals surface area contributed by atoms with Gasteiger partial charge in [0.25, 0.3) is 11.7 Å². The van der Waals surface area contributed by atoms with E-state index in [-0.39, 0.29) is 17.3 Å². The molecule has 0 aliphatic carbocycles. The number of anilines is 1. The topological polar surface area (TPSA) is 85.3 Å². The molecule has 0 bridgehead atoms. The van der Waals surface area contributed by atoms with Crippen LogP contribution in [0.3, 0.4) is 0 Å². The minimum Gasteiger partial charge on any atom is -0.507 e. The Labute approximate surface area is 233 Å². The number of nitrogens with zero attached hydrogens (tertiary/aromatic N) is 1.